The highest BCUT2D eigenvalue weighted by Gasteiger charge is 2.20. The summed E-state index contributed by atoms with van der Waals surface area (Å²) in [6.07, 6.45) is 0. The number of carbonyl (C=O) groups excluding carboxylic acids is 1. The van der Waals surface area contributed by atoms with Crippen LogP contribution in [-0.2, 0) is 10.2 Å². The second kappa shape index (κ2) is 4.36. The molecule has 0 saturated carbocycles. The van der Waals surface area contributed by atoms with Crippen molar-refractivity contribution in [1.82, 2.24) is 0 Å². The summed E-state index contributed by atoms with van der Waals surface area (Å²) >= 11 is 0. The van der Waals surface area contributed by atoms with Gasteiger partial charge in [0.25, 0.3) is 0 Å². The van der Waals surface area contributed by atoms with Gasteiger partial charge < -0.3 is 4.74 Å². The van der Waals surface area contributed by atoms with E-state index in [0.29, 0.717) is 11.3 Å². The fourth-order valence-electron chi connectivity index (χ4n) is 1.45. The van der Waals surface area contributed by atoms with Crippen molar-refractivity contribution in [3.05, 3.63) is 29.3 Å². The minimum Gasteiger partial charge on any atom is -0.426 e. The summed E-state index contributed by atoms with van der Waals surface area (Å²) in [5.74, 6) is 0.0969. The zero-order valence-corrected chi connectivity index (χ0v) is 10.00. The van der Waals surface area contributed by atoms with E-state index in [9.17, 15) is 4.79 Å². The number of rotatable bonds is 1. The number of nitrogens with zero attached hydrogens (tertiary/aromatic N) is 1. The Hall–Kier alpha value is -1.82. The molecule has 3 heteroatoms. The van der Waals surface area contributed by atoms with Crippen LogP contribution in [0.3, 0.4) is 0 Å². The fourth-order valence-corrected chi connectivity index (χ4v) is 1.45. The van der Waals surface area contributed by atoms with Gasteiger partial charge in [0.15, 0.2) is 0 Å². The lowest BCUT2D eigenvalue weighted by Gasteiger charge is -2.22. The molecule has 1 rings (SSSR count). The Balaban J connectivity index is 3.28. The lowest BCUT2D eigenvalue weighted by molar-refractivity contribution is -0.131. The van der Waals surface area contributed by atoms with Gasteiger partial charge in [-0.25, -0.2) is 0 Å². The van der Waals surface area contributed by atoms with Crippen LogP contribution >= 0.6 is 0 Å². The van der Waals surface area contributed by atoms with Crippen LogP contribution in [0, 0.1) is 11.3 Å². The van der Waals surface area contributed by atoms with E-state index in [1.54, 1.807) is 12.1 Å². The topological polar surface area (TPSA) is 50.1 Å². The van der Waals surface area contributed by atoms with Crippen LogP contribution in [0.25, 0.3) is 0 Å². The third-order valence-electron chi connectivity index (χ3n) is 2.17. The standard InChI is InChI=1S/C13H15NO2/c1-9(15)16-12-7-10(8-14)5-6-11(12)13(2,3)4/h5-7H,1-4H3. The second-order valence-corrected chi connectivity index (χ2v) is 4.67. The number of hydrogen-bond acceptors (Lipinski definition) is 3. The van der Waals surface area contributed by atoms with Crippen molar-refractivity contribution >= 4 is 5.97 Å². The third-order valence-corrected chi connectivity index (χ3v) is 2.17. The van der Waals surface area contributed by atoms with Crippen molar-refractivity contribution in [3.63, 3.8) is 0 Å². The van der Waals surface area contributed by atoms with E-state index in [0.717, 1.165) is 5.56 Å². The molecule has 0 fully saturated rings. The average molecular weight is 217 g/mol. The van der Waals surface area contributed by atoms with Gasteiger partial charge in [-0.05, 0) is 17.5 Å². The average Bonchev–Trinajstić information content (AvgIpc) is 2.14. The Kier molecular flexibility index (Phi) is 3.34. The monoisotopic (exact) mass is 217 g/mol. The zero-order chi connectivity index (χ0) is 12.3. The Morgan fingerprint density at radius 2 is 2.00 bits per heavy atom. The Morgan fingerprint density at radius 3 is 2.44 bits per heavy atom. The smallest absolute Gasteiger partial charge is 0.308 e. The van der Waals surface area contributed by atoms with E-state index in [1.165, 1.54) is 6.92 Å². The Bertz CT molecular complexity index is 450. The van der Waals surface area contributed by atoms with E-state index in [4.69, 9.17) is 10.00 Å². The molecule has 0 bridgehead atoms. The van der Waals surface area contributed by atoms with Gasteiger partial charge in [0.05, 0.1) is 11.6 Å². The van der Waals surface area contributed by atoms with Crippen molar-refractivity contribution in [1.29, 1.82) is 5.26 Å². The predicted octanol–water partition coefficient (Wildman–Crippen LogP) is 2.78. The highest BCUT2D eigenvalue weighted by Crippen LogP contribution is 2.32. The Labute approximate surface area is 95.7 Å². The van der Waals surface area contributed by atoms with Gasteiger partial charge in [-0.15, -0.1) is 0 Å². The molecule has 0 radical (unpaired) electrons. The maximum atomic E-state index is 11.0. The van der Waals surface area contributed by atoms with Crippen molar-refractivity contribution in [2.24, 2.45) is 0 Å². The van der Waals surface area contributed by atoms with E-state index in [-0.39, 0.29) is 11.4 Å². The molecule has 1 aromatic rings. The molecule has 0 atom stereocenters. The van der Waals surface area contributed by atoms with Gasteiger partial charge in [0.1, 0.15) is 5.75 Å². The predicted molar refractivity (Wildman–Crippen MR) is 61.2 cm³/mol. The minimum atomic E-state index is -0.374. The molecule has 84 valence electrons. The van der Waals surface area contributed by atoms with Crippen molar-refractivity contribution in [2.45, 2.75) is 33.1 Å². The molecule has 0 aliphatic heterocycles. The number of hydrogen-bond donors (Lipinski definition) is 0. The van der Waals surface area contributed by atoms with Gasteiger partial charge in [0.2, 0.25) is 0 Å². The van der Waals surface area contributed by atoms with Crippen LogP contribution in [-0.4, -0.2) is 5.97 Å². The van der Waals surface area contributed by atoms with Gasteiger partial charge in [-0.3, -0.25) is 4.79 Å². The highest BCUT2D eigenvalue weighted by atomic mass is 16.5. The first kappa shape index (κ1) is 12.3. The molecular formula is C13H15NO2. The second-order valence-electron chi connectivity index (χ2n) is 4.67. The van der Waals surface area contributed by atoms with Crippen LogP contribution in [0.1, 0.15) is 38.8 Å². The Morgan fingerprint density at radius 1 is 1.38 bits per heavy atom. The van der Waals surface area contributed by atoms with Gasteiger partial charge in [-0.1, -0.05) is 26.8 Å². The van der Waals surface area contributed by atoms with E-state index in [2.05, 4.69) is 0 Å². The quantitative estimate of drug-likeness (QED) is 0.537. The molecule has 0 saturated heterocycles. The van der Waals surface area contributed by atoms with E-state index >= 15 is 0 Å². The summed E-state index contributed by atoms with van der Waals surface area (Å²) in [6.45, 7) is 7.44. The molecule has 0 aliphatic rings. The molecule has 0 aromatic heterocycles. The summed E-state index contributed by atoms with van der Waals surface area (Å²) in [5.41, 5.74) is 1.28. The van der Waals surface area contributed by atoms with Crippen LogP contribution in [0.5, 0.6) is 5.75 Å². The van der Waals surface area contributed by atoms with Crippen molar-refractivity contribution in [2.75, 3.05) is 0 Å². The first-order chi connectivity index (χ1) is 7.34. The number of esters is 1. The number of ether oxygens (including phenoxy) is 1. The summed E-state index contributed by atoms with van der Waals surface area (Å²) in [5, 5.41) is 8.80. The summed E-state index contributed by atoms with van der Waals surface area (Å²) in [7, 11) is 0. The van der Waals surface area contributed by atoms with Crippen molar-refractivity contribution in [3.8, 4) is 11.8 Å². The molecule has 0 spiro atoms. The normalized spacial score (nSPS) is 10.7. The SMILES string of the molecule is CC(=O)Oc1cc(C#N)ccc1C(C)(C)C. The number of benzene rings is 1. The number of carbonyl (C=O) groups is 1. The maximum Gasteiger partial charge on any atom is 0.308 e. The largest absolute Gasteiger partial charge is 0.426 e. The number of nitriles is 1. The van der Waals surface area contributed by atoms with E-state index in [1.807, 2.05) is 32.9 Å². The lowest BCUT2D eigenvalue weighted by atomic mass is 9.86. The molecule has 0 unspecified atom stereocenters. The molecule has 0 heterocycles. The maximum absolute atomic E-state index is 11.0. The summed E-state index contributed by atoms with van der Waals surface area (Å²) in [6, 6.07) is 7.19. The minimum absolute atomic E-state index is 0.126. The first-order valence-electron chi connectivity index (χ1n) is 5.07. The third kappa shape index (κ3) is 2.83. The highest BCUT2D eigenvalue weighted by molar-refractivity contribution is 5.70. The van der Waals surface area contributed by atoms with Crippen LogP contribution in [0.2, 0.25) is 0 Å². The van der Waals surface area contributed by atoms with Crippen LogP contribution < -0.4 is 4.74 Å². The molecule has 1 aromatic carbocycles. The van der Waals surface area contributed by atoms with Crippen LogP contribution in [0.4, 0.5) is 0 Å². The lowest BCUT2D eigenvalue weighted by Crippen LogP contribution is -2.15. The van der Waals surface area contributed by atoms with Gasteiger partial charge >= 0.3 is 5.97 Å². The first-order valence-corrected chi connectivity index (χ1v) is 5.07. The molecule has 3 nitrogen and oxygen atoms in total. The summed E-state index contributed by atoms with van der Waals surface area (Å²) < 4.78 is 5.12. The van der Waals surface area contributed by atoms with Crippen LogP contribution in [0.15, 0.2) is 18.2 Å². The molecule has 0 amide bonds. The molecular weight excluding hydrogens is 202 g/mol. The zero-order valence-electron chi connectivity index (χ0n) is 10.00. The van der Waals surface area contributed by atoms with Gasteiger partial charge in [-0.2, -0.15) is 5.26 Å². The molecule has 0 aliphatic carbocycles. The summed E-state index contributed by atoms with van der Waals surface area (Å²) in [4.78, 5) is 11.0. The van der Waals surface area contributed by atoms with Gasteiger partial charge in [0, 0.05) is 12.5 Å². The van der Waals surface area contributed by atoms with Crippen molar-refractivity contribution < 1.29 is 9.53 Å². The van der Waals surface area contributed by atoms with E-state index < -0.39 is 0 Å². The molecule has 0 N–H and O–H groups in total. The molecule has 16 heavy (non-hydrogen) atoms. The fraction of sp³-hybridized carbons (Fsp3) is 0.385.